The fourth-order valence-corrected chi connectivity index (χ4v) is 4.91. The van der Waals surface area contributed by atoms with Gasteiger partial charge in [-0.05, 0) is 36.8 Å². The van der Waals surface area contributed by atoms with Crippen LogP contribution in [0.2, 0.25) is 0 Å². The predicted octanol–water partition coefficient (Wildman–Crippen LogP) is 2.66. The Morgan fingerprint density at radius 2 is 1.93 bits per heavy atom. The maximum atomic E-state index is 13.1. The number of carbonyl (C=O) groups is 1. The predicted molar refractivity (Wildman–Crippen MR) is 107 cm³/mol. The Morgan fingerprint density at radius 1 is 1.11 bits per heavy atom. The number of rotatable bonds is 4. The topological polar surface area (TPSA) is 87.6 Å². The molecule has 0 unspecified atom stereocenters. The summed E-state index contributed by atoms with van der Waals surface area (Å²) in [4.78, 5) is 17.4. The first kappa shape index (κ1) is 19.4. The molecule has 6 nitrogen and oxygen atoms in total. The van der Waals surface area contributed by atoms with Gasteiger partial charge in [0.2, 0.25) is 9.84 Å². The Morgan fingerprint density at radius 3 is 2.63 bits per heavy atom. The molecule has 0 spiro atoms. The van der Waals surface area contributed by atoms with Crippen molar-refractivity contribution in [3.8, 4) is 0 Å². The highest BCUT2D eigenvalue weighted by atomic mass is 35.5. The molecule has 4 rings (SSSR count). The summed E-state index contributed by atoms with van der Waals surface area (Å²) in [7, 11) is -3.75. The number of fused-ring (bicyclic) bond motifs is 2. The van der Waals surface area contributed by atoms with E-state index in [0.717, 1.165) is 25.2 Å². The lowest BCUT2D eigenvalue weighted by molar-refractivity contribution is 0.103. The zero-order valence-corrected chi connectivity index (χ0v) is 16.4. The van der Waals surface area contributed by atoms with Crippen molar-refractivity contribution in [1.29, 1.82) is 0 Å². The van der Waals surface area contributed by atoms with Crippen molar-refractivity contribution in [2.75, 3.05) is 25.0 Å². The molecule has 2 aliphatic rings. The van der Waals surface area contributed by atoms with E-state index in [-0.39, 0.29) is 39.1 Å². The zero-order chi connectivity index (χ0) is 18.3. The number of hydrogen-bond donors (Lipinski definition) is 2. The number of sulfone groups is 1. The molecule has 2 N–H and O–H groups in total. The van der Waals surface area contributed by atoms with Crippen LogP contribution in [0, 0.1) is 0 Å². The number of amidine groups is 1. The van der Waals surface area contributed by atoms with Gasteiger partial charge in [-0.25, -0.2) is 8.42 Å². The quantitative estimate of drug-likeness (QED) is 0.696. The molecule has 0 atom stereocenters. The van der Waals surface area contributed by atoms with E-state index < -0.39 is 9.84 Å². The number of halogens is 1. The van der Waals surface area contributed by atoms with Gasteiger partial charge >= 0.3 is 0 Å². The van der Waals surface area contributed by atoms with Gasteiger partial charge in [0.1, 0.15) is 5.84 Å². The van der Waals surface area contributed by atoms with E-state index in [2.05, 4.69) is 15.6 Å². The van der Waals surface area contributed by atoms with E-state index in [4.69, 9.17) is 0 Å². The zero-order valence-electron chi connectivity index (χ0n) is 14.8. The highest BCUT2D eigenvalue weighted by molar-refractivity contribution is 7.91. The summed E-state index contributed by atoms with van der Waals surface area (Å²) in [5.41, 5.74) is 1.87. The number of benzene rings is 2. The maximum Gasteiger partial charge on any atom is 0.208 e. The summed E-state index contributed by atoms with van der Waals surface area (Å²) in [5, 5.41) is 6.32. The Labute approximate surface area is 164 Å². The lowest BCUT2D eigenvalue weighted by Gasteiger charge is -2.20. The maximum absolute atomic E-state index is 13.1. The lowest BCUT2D eigenvalue weighted by Crippen LogP contribution is -2.23. The van der Waals surface area contributed by atoms with Gasteiger partial charge in [-0.15, -0.1) is 12.4 Å². The third-order valence-corrected chi connectivity index (χ3v) is 6.41. The fraction of sp³-hybridized carbons (Fsp3) is 0.263. The number of nitrogens with one attached hydrogen (secondary N) is 2. The van der Waals surface area contributed by atoms with Gasteiger partial charge in [-0.2, -0.15) is 0 Å². The van der Waals surface area contributed by atoms with Crippen LogP contribution in [-0.4, -0.2) is 39.7 Å². The summed E-state index contributed by atoms with van der Waals surface area (Å²) in [6.07, 6.45) is 0.937. The van der Waals surface area contributed by atoms with Crippen molar-refractivity contribution in [2.45, 2.75) is 23.1 Å². The summed E-state index contributed by atoms with van der Waals surface area (Å²) < 4.78 is 26.2. The van der Waals surface area contributed by atoms with Crippen LogP contribution in [0.1, 0.15) is 34.8 Å². The molecule has 0 saturated carbocycles. The van der Waals surface area contributed by atoms with Gasteiger partial charge in [0.05, 0.1) is 16.3 Å². The van der Waals surface area contributed by atoms with Crippen LogP contribution in [0.3, 0.4) is 0 Å². The van der Waals surface area contributed by atoms with Crippen molar-refractivity contribution in [2.24, 2.45) is 4.99 Å². The van der Waals surface area contributed by atoms with Crippen molar-refractivity contribution in [3.05, 3.63) is 53.1 Å². The molecule has 2 aliphatic heterocycles. The minimum absolute atomic E-state index is 0. The molecule has 2 heterocycles. The molecular weight excluding hydrogens is 386 g/mol. The summed E-state index contributed by atoms with van der Waals surface area (Å²) in [6, 6.07) is 9.73. The van der Waals surface area contributed by atoms with Crippen LogP contribution < -0.4 is 10.6 Å². The van der Waals surface area contributed by atoms with Crippen LogP contribution in [0.4, 0.5) is 5.69 Å². The minimum atomic E-state index is -3.75. The van der Waals surface area contributed by atoms with Gasteiger partial charge in [0, 0.05) is 35.5 Å². The summed E-state index contributed by atoms with van der Waals surface area (Å²) in [6.45, 7) is 4.19. The Balaban J connectivity index is 0.00000210. The van der Waals surface area contributed by atoms with Crippen LogP contribution in [0.15, 0.2) is 51.2 Å². The molecule has 0 aliphatic carbocycles. The molecule has 2 aromatic rings. The van der Waals surface area contributed by atoms with Gasteiger partial charge < -0.3 is 10.6 Å². The molecule has 0 saturated heterocycles. The normalized spacial score (nSPS) is 16.5. The second kappa shape index (κ2) is 7.32. The molecular formula is C19H20ClN3O3S. The Hall–Kier alpha value is -2.38. The van der Waals surface area contributed by atoms with E-state index >= 15 is 0 Å². The minimum Gasteiger partial charge on any atom is -0.385 e. The van der Waals surface area contributed by atoms with Gasteiger partial charge in [-0.1, -0.05) is 13.0 Å². The van der Waals surface area contributed by atoms with Crippen molar-refractivity contribution in [1.82, 2.24) is 5.32 Å². The monoisotopic (exact) mass is 405 g/mol. The van der Waals surface area contributed by atoms with Crippen molar-refractivity contribution in [3.63, 3.8) is 0 Å². The summed E-state index contributed by atoms with van der Waals surface area (Å²) in [5.74, 6) is 0.401. The van der Waals surface area contributed by atoms with Crippen LogP contribution in [-0.2, 0) is 9.84 Å². The second-order valence-corrected chi connectivity index (χ2v) is 8.22. The number of hydrogen-bond acceptors (Lipinski definition) is 6. The molecule has 0 radical (unpaired) electrons. The van der Waals surface area contributed by atoms with Crippen molar-refractivity contribution < 1.29 is 13.2 Å². The second-order valence-electron chi connectivity index (χ2n) is 6.34. The van der Waals surface area contributed by atoms with Gasteiger partial charge in [0.25, 0.3) is 0 Å². The number of aliphatic imine (C=N–C) groups is 1. The van der Waals surface area contributed by atoms with E-state index in [0.29, 0.717) is 17.9 Å². The number of ketones is 1. The Bertz CT molecular complexity index is 1050. The first-order chi connectivity index (χ1) is 12.5. The smallest absolute Gasteiger partial charge is 0.208 e. The van der Waals surface area contributed by atoms with E-state index in [1.807, 2.05) is 6.92 Å². The van der Waals surface area contributed by atoms with Crippen molar-refractivity contribution >= 4 is 39.6 Å². The average Bonchev–Trinajstić information content (AvgIpc) is 3.19. The van der Waals surface area contributed by atoms with Gasteiger partial charge in [0.15, 0.2) is 5.78 Å². The van der Waals surface area contributed by atoms with E-state index in [1.54, 1.807) is 30.3 Å². The highest BCUT2D eigenvalue weighted by Gasteiger charge is 2.35. The molecule has 142 valence electrons. The molecule has 0 fully saturated rings. The molecule has 27 heavy (non-hydrogen) atoms. The molecule has 0 amide bonds. The average molecular weight is 406 g/mol. The first-order valence-electron chi connectivity index (χ1n) is 8.63. The first-order valence-corrected chi connectivity index (χ1v) is 10.1. The third kappa shape index (κ3) is 3.21. The van der Waals surface area contributed by atoms with Crippen LogP contribution >= 0.6 is 12.4 Å². The highest BCUT2D eigenvalue weighted by Crippen LogP contribution is 2.36. The number of carbonyl (C=O) groups excluding carboxylic acids is 1. The lowest BCUT2D eigenvalue weighted by atomic mass is 10.00. The molecule has 0 bridgehead atoms. The SMILES string of the molecule is CCCNc1ccc2c(c1)C(=O)c1ccc(C3=NCCN3)cc1S2(=O)=O.Cl. The fourth-order valence-electron chi connectivity index (χ4n) is 3.26. The number of anilines is 1. The van der Waals surface area contributed by atoms with Gasteiger partial charge in [-0.3, -0.25) is 9.79 Å². The summed E-state index contributed by atoms with van der Waals surface area (Å²) >= 11 is 0. The molecule has 0 aromatic heterocycles. The van der Waals surface area contributed by atoms with E-state index in [9.17, 15) is 13.2 Å². The van der Waals surface area contributed by atoms with Crippen LogP contribution in [0.5, 0.6) is 0 Å². The Kier molecular flexibility index (Phi) is 5.26. The molecule has 2 aromatic carbocycles. The standard InChI is InChI=1S/C19H19N3O3S.ClH/c1-2-7-20-13-4-6-16-15(11-13)18(23)14-5-3-12(19-21-8-9-22-19)10-17(14)26(16,24)25;/h3-6,10-11,20H,2,7-9H2,1H3,(H,21,22);1H. The third-order valence-electron chi connectivity index (χ3n) is 4.56. The number of nitrogens with zero attached hydrogens (tertiary/aromatic N) is 1. The van der Waals surface area contributed by atoms with Crippen LogP contribution in [0.25, 0.3) is 0 Å². The largest absolute Gasteiger partial charge is 0.385 e. The molecule has 8 heteroatoms. The van der Waals surface area contributed by atoms with E-state index in [1.165, 1.54) is 6.07 Å².